The normalized spacial score (nSPS) is 21.4. The molecule has 0 spiro atoms. The van der Waals surface area contributed by atoms with E-state index in [-0.39, 0.29) is 17.4 Å². The monoisotopic (exact) mass is 263 g/mol. The van der Waals surface area contributed by atoms with Crippen molar-refractivity contribution in [3.05, 3.63) is 0 Å². The first-order valence-corrected chi connectivity index (χ1v) is 6.67. The summed E-state index contributed by atoms with van der Waals surface area (Å²) in [5.41, 5.74) is 0. The largest absolute Gasteiger partial charge is 0.383 e. The fourth-order valence-corrected chi connectivity index (χ4v) is 2.12. The Kier molecular flexibility index (Phi) is 7.56. The third kappa shape index (κ3) is 6.86. The fraction of sp³-hybridized carbons (Fsp3) is 0.917. The first kappa shape index (κ1) is 14.7. The molecule has 0 aromatic heterocycles. The highest BCUT2D eigenvalue weighted by molar-refractivity contribution is 6.20. The second-order valence-corrected chi connectivity index (χ2v) is 4.98. The van der Waals surface area contributed by atoms with Crippen molar-refractivity contribution >= 4 is 17.5 Å². The van der Waals surface area contributed by atoms with Crippen LogP contribution in [0.3, 0.4) is 0 Å². The molecule has 5 heteroatoms. The zero-order valence-electron chi connectivity index (χ0n) is 10.4. The van der Waals surface area contributed by atoms with Crippen LogP contribution in [0.25, 0.3) is 0 Å². The number of amides is 1. The molecule has 1 rings (SSSR count). The zero-order chi connectivity index (χ0) is 12.5. The van der Waals surface area contributed by atoms with Crippen LogP contribution in [0.5, 0.6) is 0 Å². The van der Waals surface area contributed by atoms with Crippen molar-refractivity contribution in [1.82, 2.24) is 5.32 Å². The summed E-state index contributed by atoms with van der Waals surface area (Å²) in [6.45, 7) is 1.98. The van der Waals surface area contributed by atoms with E-state index < -0.39 is 0 Å². The van der Waals surface area contributed by atoms with Crippen molar-refractivity contribution in [2.24, 2.45) is 0 Å². The van der Waals surface area contributed by atoms with E-state index in [2.05, 4.69) is 5.32 Å². The number of rotatable bonds is 8. The molecule has 1 fully saturated rings. The van der Waals surface area contributed by atoms with E-state index in [1.807, 2.05) is 0 Å². The minimum Gasteiger partial charge on any atom is -0.383 e. The Balaban J connectivity index is 1.97. The molecule has 0 radical (unpaired) electrons. The molecule has 2 unspecified atom stereocenters. The van der Waals surface area contributed by atoms with Crippen LogP contribution in [-0.2, 0) is 14.3 Å². The van der Waals surface area contributed by atoms with Crippen LogP contribution in [0.1, 0.15) is 32.1 Å². The van der Waals surface area contributed by atoms with Gasteiger partial charge in [-0.25, -0.2) is 0 Å². The van der Waals surface area contributed by atoms with Gasteiger partial charge in [0.1, 0.15) is 0 Å². The molecule has 0 bridgehead atoms. The number of alkyl halides is 1. The van der Waals surface area contributed by atoms with E-state index >= 15 is 0 Å². The van der Waals surface area contributed by atoms with Crippen LogP contribution in [0.4, 0.5) is 0 Å². The lowest BCUT2D eigenvalue weighted by Crippen LogP contribution is -2.27. The molecule has 2 atom stereocenters. The molecule has 1 heterocycles. The van der Waals surface area contributed by atoms with Crippen molar-refractivity contribution < 1.29 is 14.3 Å². The van der Waals surface area contributed by atoms with Gasteiger partial charge in [0, 0.05) is 26.7 Å². The highest BCUT2D eigenvalue weighted by Gasteiger charge is 2.16. The smallest absolute Gasteiger partial charge is 0.220 e. The van der Waals surface area contributed by atoms with Crippen LogP contribution in [0.2, 0.25) is 0 Å². The molecule has 17 heavy (non-hydrogen) atoms. The maximum atomic E-state index is 11.5. The van der Waals surface area contributed by atoms with Crippen molar-refractivity contribution in [3.63, 3.8) is 0 Å². The van der Waals surface area contributed by atoms with Crippen LogP contribution in [-0.4, -0.2) is 44.3 Å². The number of carbonyl (C=O) groups is 1. The number of ether oxygens (including phenoxy) is 2. The second kappa shape index (κ2) is 8.72. The van der Waals surface area contributed by atoms with Gasteiger partial charge < -0.3 is 14.8 Å². The molecule has 0 aliphatic carbocycles. The third-order valence-electron chi connectivity index (χ3n) is 2.84. The molecular formula is C12H22ClNO3. The van der Waals surface area contributed by atoms with Gasteiger partial charge in [0.05, 0.1) is 18.1 Å². The van der Waals surface area contributed by atoms with Gasteiger partial charge in [0.2, 0.25) is 5.91 Å². The lowest BCUT2D eigenvalue weighted by Gasteiger charge is -2.11. The SMILES string of the molecule is COCC(Cl)CCNC(=O)CCC1CCCO1. The van der Waals surface area contributed by atoms with Crippen molar-refractivity contribution in [2.45, 2.75) is 43.6 Å². The maximum absolute atomic E-state index is 11.5. The molecule has 0 aromatic carbocycles. The molecular weight excluding hydrogens is 242 g/mol. The highest BCUT2D eigenvalue weighted by atomic mass is 35.5. The number of halogens is 1. The van der Waals surface area contributed by atoms with Gasteiger partial charge >= 0.3 is 0 Å². The zero-order valence-corrected chi connectivity index (χ0v) is 11.2. The van der Waals surface area contributed by atoms with Gasteiger partial charge in [0.25, 0.3) is 0 Å². The average Bonchev–Trinajstić information content (AvgIpc) is 2.79. The first-order valence-electron chi connectivity index (χ1n) is 6.23. The van der Waals surface area contributed by atoms with Crippen molar-refractivity contribution in [1.29, 1.82) is 0 Å². The summed E-state index contributed by atoms with van der Waals surface area (Å²) in [6, 6.07) is 0. The van der Waals surface area contributed by atoms with Gasteiger partial charge in [-0.1, -0.05) is 0 Å². The molecule has 1 amide bonds. The van der Waals surface area contributed by atoms with Gasteiger partial charge in [0.15, 0.2) is 0 Å². The Hall–Kier alpha value is -0.320. The lowest BCUT2D eigenvalue weighted by atomic mass is 10.1. The summed E-state index contributed by atoms with van der Waals surface area (Å²) < 4.78 is 10.4. The van der Waals surface area contributed by atoms with Crippen LogP contribution in [0.15, 0.2) is 0 Å². The quantitative estimate of drug-likeness (QED) is 0.678. The number of nitrogens with one attached hydrogen (secondary N) is 1. The summed E-state index contributed by atoms with van der Waals surface area (Å²) in [5, 5.41) is 2.83. The van der Waals surface area contributed by atoms with Crippen LogP contribution in [0, 0.1) is 0 Å². The maximum Gasteiger partial charge on any atom is 0.220 e. The number of hydrogen-bond acceptors (Lipinski definition) is 3. The molecule has 0 aromatic rings. The van der Waals surface area contributed by atoms with Gasteiger partial charge in [-0.3, -0.25) is 4.79 Å². The molecule has 1 aliphatic heterocycles. The topological polar surface area (TPSA) is 47.6 Å². The fourth-order valence-electron chi connectivity index (χ4n) is 1.88. The number of methoxy groups -OCH3 is 1. The molecule has 4 nitrogen and oxygen atoms in total. The minimum atomic E-state index is -0.0292. The molecule has 1 aliphatic rings. The predicted molar refractivity (Wildman–Crippen MR) is 67.4 cm³/mol. The Bertz CT molecular complexity index is 220. The summed E-state index contributed by atoms with van der Waals surface area (Å²) >= 11 is 5.95. The molecule has 0 saturated carbocycles. The second-order valence-electron chi connectivity index (χ2n) is 4.36. The lowest BCUT2D eigenvalue weighted by molar-refractivity contribution is -0.121. The van der Waals surface area contributed by atoms with Crippen LogP contribution < -0.4 is 5.32 Å². The molecule has 1 N–H and O–H groups in total. The molecule has 100 valence electrons. The Morgan fingerprint density at radius 3 is 3.12 bits per heavy atom. The number of carbonyl (C=O) groups excluding carboxylic acids is 1. The van der Waals surface area contributed by atoms with E-state index in [4.69, 9.17) is 21.1 Å². The van der Waals surface area contributed by atoms with Crippen LogP contribution >= 0.6 is 11.6 Å². The van der Waals surface area contributed by atoms with Gasteiger partial charge in [-0.15, -0.1) is 11.6 Å². The van der Waals surface area contributed by atoms with Crippen molar-refractivity contribution in [3.8, 4) is 0 Å². The summed E-state index contributed by atoms with van der Waals surface area (Å²) in [4.78, 5) is 11.5. The average molecular weight is 264 g/mol. The predicted octanol–water partition coefficient (Wildman–Crippen LogP) is 1.71. The van der Waals surface area contributed by atoms with E-state index in [0.717, 1.165) is 32.3 Å². The summed E-state index contributed by atoms with van der Waals surface area (Å²) in [5.74, 6) is 0.0850. The Morgan fingerprint density at radius 1 is 1.65 bits per heavy atom. The Morgan fingerprint density at radius 2 is 2.47 bits per heavy atom. The first-order chi connectivity index (χ1) is 8.22. The van der Waals surface area contributed by atoms with E-state index in [9.17, 15) is 4.79 Å². The van der Waals surface area contributed by atoms with Crippen molar-refractivity contribution in [2.75, 3.05) is 26.9 Å². The molecule has 1 saturated heterocycles. The van der Waals surface area contributed by atoms with E-state index in [1.165, 1.54) is 0 Å². The van der Waals surface area contributed by atoms with E-state index in [1.54, 1.807) is 7.11 Å². The highest BCUT2D eigenvalue weighted by Crippen LogP contribution is 2.16. The standard InChI is InChI=1S/C12H22ClNO3/c1-16-9-10(13)6-7-14-12(15)5-4-11-3-2-8-17-11/h10-11H,2-9H2,1H3,(H,14,15). The Labute approximate surface area is 108 Å². The van der Waals surface area contributed by atoms with Gasteiger partial charge in [-0.2, -0.15) is 0 Å². The van der Waals surface area contributed by atoms with Gasteiger partial charge in [-0.05, 0) is 25.7 Å². The number of hydrogen-bond donors (Lipinski definition) is 1. The minimum absolute atomic E-state index is 0.0292. The third-order valence-corrected chi connectivity index (χ3v) is 3.19. The summed E-state index contributed by atoms with van der Waals surface area (Å²) in [7, 11) is 1.62. The summed E-state index contributed by atoms with van der Waals surface area (Å²) in [6.07, 6.45) is 4.61. The van der Waals surface area contributed by atoms with E-state index in [0.29, 0.717) is 19.6 Å².